The summed E-state index contributed by atoms with van der Waals surface area (Å²) in [5.74, 6) is -0.377. The number of nitrogens with two attached hydrogens (primary N) is 1. The fraction of sp³-hybridized carbons (Fsp3) is 0.438. The lowest BCUT2D eigenvalue weighted by Crippen LogP contribution is -2.48. The Labute approximate surface area is 115 Å². The maximum atomic E-state index is 11.9. The van der Waals surface area contributed by atoms with Gasteiger partial charge in [-0.1, -0.05) is 42.5 Å². The van der Waals surface area contributed by atoms with Crippen molar-refractivity contribution in [3.8, 4) is 0 Å². The molecule has 104 valence electrons. The van der Waals surface area contributed by atoms with Crippen LogP contribution in [0.5, 0.6) is 0 Å². The molecule has 0 aromatic heterocycles. The summed E-state index contributed by atoms with van der Waals surface area (Å²) < 4.78 is 5.31. The number of carbonyl (C=O) groups is 1. The summed E-state index contributed by atoms with van der Waals surface area (Å²) in [6.45, 7) is 7.19. The van der Waals surface area contributed by atoms with Crippen molar-refractivity contribution in [2.45, 2.75) is 45.3 Å². The molecule has 2 N–H and O–H groups in total. The maximum absolute atomic E-state index is 11.9. The minimum atomic E-state index is -1.00. The van der Waals surface area contributed by atoms with E-state index in [0.29, 0.717) is 6.42 Å². The van der Waals surface area contributed by atoms with Crippen LogP contribution in [0.15, 0.2) is 36.4 Å². The van der Waals surface area contributed by atoms with Crippen molar-refractivity contribution in [2.24, 2.45) is 5.73 Å². The highest BCUT2D eigenvalue weighted by Gasteiger charge is 2.31. The molecule has 0 aliphatic rings. The van der Waals surface area contributed by atoms with E-state index in [9.17, 15) is 4.79 Å². The molecule has 0 amide bonds. The summed E-state index contributed by atoms with van der Waals surface area (Å²) in [6.07, 6.45) is 4.30. The fourth-order valence-corrected chi connectivity index (χ4v) is 1.48. The molecule has 0 heterocycles. The van der Waals surface area contributed by atoms with E-state index < -0.39 is 11.1 Å². The third kappa shape index (κ3) is 5.71. The van der Waals surface area contributed by atoms with Gasteiger partial charge in [0.1, 0.15) is 11.1 Å². The van der Waals surface area contributed by atoms with Gasteiger partial charge in [0.15, 0.2) is 0 Å². The summed E-state index contributed by atoms with van der Waals surface area (Å²) in [4.78, 5) is 11.9. The van der Waals surface area contributed by atoms with E-state index in [0.717, 1.165) is 5.56 Å². The molecule has 0 aliphatic carbocycles. The van der Waals surface area contributed by atoms with Gasteiger partial charge in [0, 0.05) is 0 Å². The zero-order chi connectivity index (χ0) is 14.5. The summed E-state index contributed by atoms with van der Waals surface area (Å²) in [5, 5.41) is 0. The molecular formula is C16H23NO2. The Balaban J connectivity index is 2.60. The van der Waals surface area contributed by atoms with E-state index in [-0.39, 0.29) is 5.97 Å². The number of benzene rings is 1. The Morgan fingerprint density at radius 2 is 1.79 bits per heavy atom. The molecule has 0 unspecified atom stereocenters. The lowest BCUT2D eigenvalue weighted by molar-refractivity contribution is -0.160. The first-order chi connectivity index (χ1) is 8.71. The Kier molecular flexibility index (Phi) is 4.90. The molecule has 0 saturated heterocycles. The summed E-state index contributed by atoms with van der Waals surface area (Å²) >= 11 is 0. The monoisotopic (exact) mass is 261 g/mol. The Hall–Kier alpha value is -1.61. The van der Waals surface area contributed by atoms with Crippen molar-refractivity contribution >= 4 is 12.0 Å². The normalized spacial score (nSPS) is 15.2. The van der Waals surface area contributed by atoms with Gasteiger partial charge < -0.3 is 10.5 Å². The molecule has 19 heavy (non-hydrogen) atoms. The summed E-state index contributed by atoms with van der Waals surface area (Å²) in [6, 6.07) is 9.89. The molecular weight excluding hydrogens is 238 g/mol. The van der Waals surface area contributed by atoms with Crippen LogP contribution in [0.25, 0.3) is 6.08 Å². The van der Waals surface area contributed by atoms with E-state index in [1.165, 1.54) is 0 Å². The van der Waals surface area contributed by atoms with Crippen LogP contribution < -0.4 is 5.73 Å². The second-order valence-corrected chi connectivity index (χ2v) is 5.94. The third-order valence-corrected chi connectivity index (χ3v) is 2.52. The van der Waals surface area contributed by atoms with Gasteiger partial charge in [-0.3, -0.25) is 4.79 Å². The highest BCUT2D eigenvalue weighted by Crippen LogP contribution is 2.16. The van der Waals surface area contributed by atoms with Gasteiger partial charge in [-0.25, -0.2) is 0 Å². The average Bonchev–Trinajstić information content (AvgIpc) is 2.28. The van der Waals surface area contributed by atoms with Gasteiger partial charge in [0.05, 0.1) is 0 Å². The molecule has 0 spiro atoms. The van der Waals surface area contributed by atoms with Crippen LogP contribution in [0.1, 0.15) is 39.7 Å². The van der Waals surface area contributed by atoms with Crippen molar-refractivity contribution in [1.29, 1.82) is 0 Å². The highest BCUT2D eigenvalue weighted by molar-refractivity contribution is 5.80. The second kappa shape index (κ2) is 6.02. The lowest BCUT2D eigenvalue weighted by atomic mass is 9.98. The van der Waals surface area contributed by atoms with Gasteiger partial charge in [-0.15, -0.1) is 0 Å². The lowest BCUT2D eigenvalue weighted by Gasteiger charge is -2.27. The van der Waals surface area contributed by atoms with Gasteiger partial charge >= 0.3 is 5.97 Å². The average molecular weight is 261 g/mol. The maximum Gasteiger partial charge on any atom is 0.326 e. The Morgan fingerprint density at radius 1 is 1.21 bits per heavy atom. The largest absolute Gasteiger partial charge is 0.459 e. The minimum Gasteiger partial charge on any atom is -0.459 e. The van der Waals surface area contributed by atoms with Crippen molar-refractivity contribution in [2.75, 3.05) is 0 Å². The molecule has 0 saturated carbocycles. The van der Waals surface area contributed by atoms with Gasteiger partial charge in [-0.2, -0.15) is 0 Å². The number of carbonyl (C=O) groups excluding carboxylic acids is 1. The molecule has 0 bridgehead atoms. The molecule has 1 rings (SSSR count). The number of esters is 1. The first-order valence-corrected chi connectivity index (χ1v) is 6.45. The van der Waals surface area contributed by atoms with E-state index >= 15 is 0 Å². The summed E-state index contributed by atoms with van der Waals surface area (Å²) in [7, 11) is 0. The second-order valence-electron chi connectivity index (χ2n) is 5.94. The molecule has 0 radical (unpaired) electrons. The van der Waals surface area contributed by atoms with Gasteiger partial charge in [0.25, 0.3) is 0 Å². The number of hydrogen-bond donors (Lipinski definition) is 1. The van der Waals surface area contributed by atoms with Gasteiger partial charge in [0.2, 0.25) is 0 Å². The minimum absolute atomic E-state index is 0.377. The molecule has 1 aromatic rings. The predicted octanol–water partition coefficient (Wildman–Crippen LogP) is 3.15. The van der Waals surface area contributed by atoms with Crippen LogP contribution in [0.3, 0.4) is 0 Å². The van der Waals surface area contributed by atoms with Crippen LogP contribution in [0.2, 0.25) is 0 Å². The number of rotatable bonds is 4. The van der Waals surface area contributed by atoms with Crippen LogP contribution >= 0.6 is 0 Å². The smallest absolute Gasteiger partial charge is 0.326 e. The molecule has 3 heteroatoms. The van der Waals surface area contributed by atoms with Crippen LogP contribution in [0.4, 0.5) is 0 Å². The van der Waals surface area contributed by atoms with Crippen LogP contribution in [0, 0.1) is 0 Å². The first-order valence-electron chi connectivity index (χ1n) is 6.45. The fourth-order valence-electron chi connectivity index (χ4n) is 1.48. The van der Waals surface area contributed by atoms with Crippen molar-refractivity contribution in [3.05, 3.63) is 42.0 Å². The number of ether oxygens (including phenoxy) is 1. The molecule has 3 nitrogen and oxygen atoms in total. The molecule has 1 atom stereocenters. The van der Waals surface area contributed by atoms with E-state index in [1.54, 1.807) is 6.92 Å². The van der Waals surface area contributed by atoms with E-state index in [2.05, 4.69) is 0 Å². The molecule has 1 aromatic carbocycles. The SMILES string of the molecule is CC(C)(C)OC(=O)[C@@](C)(N)C/C=C/c1ccccc1. The van der Waals surface area contributed by atoms with E-state index in [1.807, 2.05) is 63.3 Å². The van der Waals surface area contributed by atoms with Crippen molar-refractivity contribution in [3.63, 3.8) is 0 Å². The predicted molar refractivity (Wildman–Crippen MR) is 78.5 cm³/mol. The zero-order valence-corrected chi connectivity index (χ0v) is 12.1. The van der Waals surface area contributed by atoms with Crippen molar-refractivity contribution < 1.29 is 9.53 Å². The molecule has 0 aliphatic heterocycles. The standard InChI is InChI=1S/C16H23NO2/c1-15(2,3)19-14(18)16(4,17)12-8-11-13-9-6-5-7-10-13/h5-11H,12,17H2,1-4H3/b11-8+/t16-/m0/s1. The number of hydrogen-bond acceptors (Lipinski definition) is 3. The quantitative estimate of drug-likeness (QED) is 0.847. The van der Waals surface area contributed by atoms with Crippen LogP contribution in [-0.4, -0.2) is 17.1 Å². The Morgan fingerprint density at radius 3 is 2.32 bits per heavy atom. The first kappa shape index (κ1) is 15.4. The topological polar surface area (TPSA) is 52.3 Å². The van der Waals surface area contributed by atoms with Gasteiger partial charge in [-0.05, 0) is 39.7 Å². The Bertz CT molecular complexity index is 442. The van der Waals surface area contributed by atoms with E-state index in [4.69, 9.17) is 10.5 Å². The summed E-state index contributed by atoms with van der Waals surface area (Å²) in [5.41, 5.74) is 5.58. The molecule has 0 fully saturated rings. The highest BCUT2D eigenvalue weighted by atomic mass is 16.6. The van der Waals surface area contributed by atoms with Crippen LogP contribution in [-0.2, 0) is 9.53 Å². The van der Waals surface area contributed by atoms with Crippen molar-refractivity contribution in [1.82, 2.24) is 0 Å². The zero-order valence-electron chi connectivity index (χ0n) is 12.1. The third-order valence-electron chi connectivity index (χ3n) is 2.52.